The highest BCUT2D eigenvalue weighted by atomic mass is 79.9. The number of aromatic nitrogens is 2. The topological polar surface area (TPSA) is 68.5 Å². The molecule has 0 aliphatic heterocycles. The van der Waals surface area contributed by atoms with Gasteiger partial charge in [-0.1, -0.05) is 39.7 Å². The maximum absolute atomic E-state index is 13.9. The average molecular weight is 483 g/mol. The Kier molecular flexibility index (Phi) is 6.87. The van der Waals surface area contributed by atoms with Crippen LogP contribution in [-0.4, -0.2) is 33.7 Å². The van der Waals surface area contributed by atoms with Gasteiger partial charge in [0.15, 0.2) is 18.2 Å². The fourth-order valence-corrected chi connectivity index (χ4v) is 3.13. The third-order valence-electron chi connectivity index (χ3n) is 4.07. The van der Waals surface area contributed by atoms with Crippen LogP contribution in [0, 0.1) is 5.82 Å². The van der Waals surface area contributed by atoms with Gasteiger partial charge in [0.05, 0.1) is 17.1 Å². The number of nitrogens with zero attached hydrogens (tertiary/aromatic N) is 3. The van der Waals surface area contributed by atoms with Crippen molar-refractivity contribution >= 4 is 33.4 Å². The van der Waals surface area contributed by atoms with E-state index in [1.54, 1.807) is 24.3 Å². The molecule has 2 aromatic carbocycles. The molecule has 152 valence electrons. The van der Waals surface area contributed by atoms with Crippen LogP contribution in [-0.2, 0) is 11.3 Å². The molecular formula is C20H18BrClFN3O3. The van der Waals surface area contributed by atoms with Crippen molar-refractivity contribution in [1.82, 2.24) is 15.1 Å². The lowest BCUT2D eigenvalue weighted by atomic mass is 10.2. The summed E-state index contributed by atoms with van der Waals surface area (Å²) in [6.45, 7) is 3.48. The quantitative estimate of drug-likeness (QED) is 0.468. The highest BCUT2D eigenvalue weighted by molar-refractivity contribution is 9.10. The number of hydrogen-bond acceptors (Lipinski definition) is 5. The van der Waals surface area contributed by atoms with Gasteiger partial charge in [0.1, 0.15) is 0 Å². The van der Waals surface area contributed by atoms with E-state index >= 15 is 0 Å². The number of halogens is 3. The zero-order valence-corrected chi connectivity index (χ0v) is 18.1. The van der Waals surface area contributed by atoms with E-state index < -0.39 is 5.82 Å². The first-order valence-electron chi connectivity index (χ1n) is 8.79. The van der Waals surface area contributed by atoms with Gasteiger partial charge in [-0.05, 0) is 44.2 Å². The Labute approximate surface area is 180 Å². The smallest absolute Gasteiger partial charge is 0.261 e. The Morgan fingerprint density at radius 2 is 2.03 bits per heavy atom. The maximum Gasteiger partial charge on any atom is 0.261 e. The van der Waals surface area contributed by atoms with Crippen LogP contribution in [0.4, 0.5) is 4.39 Å². The predicted molar refractivity (Wildman–Crippen MR) is 110 cm³/mol. The van der Waals surface area contributed by atoms with Crippen molar-refractivity contribution in [3.8, 4) is 17.2 Å². The number of rotatable bonds is 7. The molecule has 3 rings (SSSR count). The molecule has 0 aliphatic rings. The normalized spacial score (nSPS) is 11.0. The van der Waals surface area contributed by atoms with Crippen molar-refractivity contribution in [3.63, 3.8) is 0 Å². The van der Waals surface area contributed by atoms with E-state index in [0.29, 0.717) is 15.1 Å². The summed E-state index contributed by atoms with van der Waals surface area (Å²) in [6, 6.07) is 11.3. The van der Waals surface area contributed by atoms with E-state index in [9.17, 15) is 9.18 Å². The first-order chi connectivity index (χ1) is 13.8. The van der Waals surface area contributed by atoms with Gasteiger partial charge < -0.3 is 14.1 Å². The van der Waals surface area contributed by atoms with Crippen LogP contribution in [0.15, 0.2) is 51.4 Å². The summed E-state index contributed by atoms with van der Waals surface area (Å²) in [7, 11) is 0. The van der Waals surface area contributed by atoms with E-state index in [4.69, 9.17) is 20.8 Å². The van der Waals surface area contributed by atoms with Crippen molar-refractivity contribution in [2.24, 2.45) is 0 Å². The van der Waals surface area contributed by atoms with Crippen LogP contribution in [0.5, 0.6) is 5.75 Å². The average Bonchev–Trinajstić information content (AvgIpc) is 3.14. The van der Waals surface area contributed by atoms with Crippen molar-refractivity contribution in [2.45, 2.75) is 26.4 Å². The zero-order valence-electron chi connectivity index (χ0n) is 15.7. The molecule has 0 spiro atoms. The van der Waals surface area contributed by atoms with Gasteiger partial charge in [-0.15, -0.1) is 10.2 Å². The highest BCUT2D eigenvalue weighted by Crippen LogP contribution is 2.26. The van der Waals surface area contributed by atoms with Gasteiger partial charge in [0.25, 0.3) is 5.91 Å². The molecule has 0 bridgehead atoms. The van der Waals surface area contributed by atoms with Crippen molar-refractivity contribution in [1.29, 1.82) is 0 Å². The second kappa shape index (κ2) is 9.37. The van der Waals surface area contributed by atoms with Crippen molar-refractivity contribution in [2.75, 3.05) is 6.61 Å². The lowest BCUT2D eigenvalue weighted by Crippen LogP contribution is -2.39. The summed E-state index contributed by atoms with van der Waals surface area (Å²) >= 11 is 9.33. The van der Waals surface area contributed by atoms with Gasteiger partial charge in [0, 0.05) is 10.5 Å². The molecule has 0 saturated carbocycles. The largest absolute Gasteiger partial charge is 0.481 e. The van der Waals surface area contributed by atoms with E-state index in [1.807, 2.05) is 19.9 Å². The molecule has 0 saturated heterocycles. The fourth-order valence-electron chi connectivity index (χ4n) is 2.58. The van der Waals surface area contributed by atoms with Crippen LogP contribution in [0.3, 0.4) is 0 Å². The molecule has 0 atom stereocenters. The van der Waals surface area contributed by atoms with Gasteiger partial charge in [-0.2, -0.15) is 0 Å². The number of benzene rings is 2. The Morgan fingerprint density at radius 1 is 1.28 bits per heavy atom. The van der Waals surface area contributed by atoms with Crippen LogP contribution in [0.25, 0.3) is 11.5 Å². The van der Waals surface area contributed by atoms with E-state index in [1.165, 1.54) is 17.0 Å². The van der Waals surface area contributed by atoms with E-state index in [-0.39, 0.29) is 42.6 Å². The maximum atomic E-state index is 13.9. The molecule has 3 aromatic rings. The van der Waals surface area contributed by atoms with Crippen molar-refractivity contribution < 1.29 is 18.3 Å². The van der Waals surface area contributed by atoms with Crippen molar-refractivity contribution in [3.05, 3.63) is 63.7 Å². The summed E-state index contributed by atoms with van der Waals surface area (Å²) in [4.78, 5) is 14.1. The number of carbonyl (C=O) groups is 1. The van der Waals surface area contributed by atoms with E-state index in [2.05, 4.69) is 26.1 Å². The molecule has 0 unspecified atom stereocenters. The molecule has 0 N–H and O–H groups in total. The molecule has 0 fully saturated rings. The summed E-state index contributed by atoms with van der Waals surface area (Å²) in [5.74, 6) is -0.347. The number of carbonyl (C=O) groups excluding carboxylic acids is 1. The molecule has 6 nitrogen and oxygen atoms in total. The first-order valence-corrected chi connectivity index (χ1v) is 9.97. The Bertz CT molecular complexity index is 1010. The standard InChI is InChI=1S/C20H18BrClFN3O3/c1-12(2)26(19(27)11-28-17-8-7-13(21)9-16(17)23)10-18-24-25-20(29-18)14-5-3-4-6-15(14)22/h3-9,12H,10-11H2,1-2H3. The molecule has 1 aromatic heterocycles. The molecule has 1 amide bonds. The first kappa shape index (κ1) is 21.3. The second-order valence-electron chi connectivity index (χ2n) is 6.46. The molecule has 9 heteroatoms. The minimum absolute atomic E-state index is 0.00375. The summed E-state index contributed by atoms with van der Waals surface area (Å²) in [6.07, 6.45) is 0. The third-order valence-corrected chi connectivity index (χ3v) is 4.89. The Morgan fingerprint density at radius 3 is 2.72 bits per heavy atom. The highest BCUT2D eigenvalue weighted by Gasteiger charge is 2.22. The Hall–Kier alpha value is -2.45. The minimum atomic E-state index is -0.551. The second-order valence-corrected chi connectivity index (χ2v) is 7.78. The molecular weight excluding hydrogens is 465 g/mol. The minimum Gasteiger partial charge on any atom is -0.481 e. The lowest BCUT2D eigenvalue weighted by molar-refractivity contribution is -0.136. The van der Waals surface area contributed by atoms with Gasteiger partial charge in [-0.3, -0.25) is 4.79 Å². The predicted octanol–water partition coefficient (Wildman–Crippen LogP) is 5.11. The lowest BCUT2D eigenvalue weighted by Gasteiger charge is -2.25. The third kappa shape index (κ3) is 5.33. The van der Waals surface area contributed by atoms with Crippen LogP contribution >= 0.6 is 27.5 Å². The number of hydrogen-bond donors (Lipinski definition) is 0. The molecule has 0 radical (unpaired) electrons. The van der Waals surface area contributed by atoms with Crippen LogP contribution in [0.2, 0.25) is 5.02 Å². The van der Waals surface area contributed by atoms with Crippen LogP contribution in [0.1, 0.15) is 19.7 Å². The van der Waals surface area contributed by atoms with Crippen LogP contribution < -0.4 is 4.74 Å². The Balaban J connectivity index is 1.68. The SMILES string of the molecule is CC(C)N(Cc1nnc(-c2ccccc2Cl)o1)C(=O)COc1ccc(Br)cc1F. The number of amides is 1. The molecule has 1 heterocycles. The van der Waals surface area contributed by atoms with Gasteiger partial charge >= 0.3 is 0 Å². The fraction of sp³-hybridized carbons (Fsp3) is 0.250. The van der Waals surface area contributed by atoms with Gasteiger partial charge in [-0.25, -0.2) is 4.39 Å². The molecule has 29 heavy (non-hydrogen) atoms. The van der Waals surface area contributed by atoms with E-state index in [0.717, 1.165) is 0 Å². The summed E-state index contributed by atoms with van der Waals surface area (Å²) in [5.41, 5.74) is 0.615. The summed E-state index contributed by atoms with van der Waals surface area (Å²) < 4.78 is 25.5. The van der Waals surface area contributed by atoms with Gasteiger partial charge in [0.2, 0.25) is 11.8 Å². The molecule has 0 aliphatic carbocycles. The number of ether oxygens (including phenoxy) is 1. The zero-order chi connectivity index (χ0) is 21.0. The summed E-state index contributed by atoms with van der Waals surface area (Å²) in [5, 5.41) is 8.50. The monoisotopic (exact) mass is 481 g/mol.